The smallest absolute Gasteiger partial charge is 0.341 e. The number of benzene rings is 1. The number of hydrogen-bond acceptors (Lipinski definition) is 7. The zero-order valence-electron chi connectivity index (χ0n) is 16.8. The molecular weight excluding hydrogens is 384 g/mol. The van der Waals surface area contributed by atoms with Gasteiger partial charge in [-0.05, 0) is 43.5 Å². The van der Waals surface area contributed by atoms with Crippen LogP contribution in [-0.4, -0.2) is 58.3 Å². The number of carboxylic acid groups (broad SMARTS) is 1. The molecule has 1 unspecified atom stereocenters. The lowest BCUT2D eigenvalue weighted by Crippen LogP contribution is -2.40. The predicted molar refractivity (Wildman–Crippen MR) is 109 cm³/mol. The van der Waals surface area contributed by atoms with Crippen LogP contribution in [0.15, 0.2) is 30.5 Å². The summed E-state index contributed by atoms with van der Waals surface area (Å²) in [4.78, 5) is 22.5. The molecule has 1 aliphatic carbocycles. The summed E-state index contributed by atoms with van der Waals surface area (Å²) in [6.45, 7) is 3.53. The van der Waals surface area contributed by atoms with Crippen molar-refractivity contribution >= 4 is 11.9 Å². The van der Waals surface area contributed by atoms with Crippen LogP contribution in [0.1, 0.15) is 36.1 Å². The Morgan fingerprint density at radius 2 is 2.30 bits per heavy atom. The van der Waals surface area contributed by atoms with Gasteiger partial charge in [-0.1, -0.05) is 12.1 Å². The maximum absolute atomic E-state index is 10.7. The third-order valence-corrected chi connectivity index (χ3v) is 6.01. The maximum atomic E-state index is 10.7. The second-order valence-electron chi connectivity index (χ2n) is 8.55. The Labute approximate surface area is 175 Å². The van der Waals surface area contributed by atoms with Gasteiger partial charge in [0.15, 0.2) is 6.61 Å². The summed E-state index contributed by atoms with van der Waals surface area (Å²) in [5, 5.41) is 12.2. The molecule has 1 saturated carbocycles. The van der Waals surface area contributed by atoms with Crippen LogP contribution < -0.4 is 10.1 Å². The number of nitrogens with zero attached hydrogens (tertiary/aromatic N) is 3. The highest BCUT2D eigenvalue weighted by atomic mass is 16.5. The van der Waals surface area contributed by atoms with E-state index in [-0.39, 0.29) is 12.0 Å². The van der Waals surface area contributed by atoms with Crippen molar-refractivity contribution in [2.45, 2.75) is 43.9 Å². The average Bonchev–Trinajstić information content (AvgIpc) is 3.47. The first-order valence-electron chi connectivity index (χ1n) is 10.5. The van der Waals surface area contributed by atoms with Crippen molar-refractivity contribution in [1.82, 2.24) is 14.9 Å². The molecule has 2 aromatic rings. The quantitative estimate of drug-likeness (QED) is 0.717. The Balaban J connectivity index is 1.30. The van der Waals surface area contributed by atoms with Gasteiger partial charge in [-0.25, -0.2) is 14.8 Å². The van der Waals surface area contributed by atoms with Gasteiger partial charge in [0.25, 0.3) is 0 Å². The Morgan fingerprint density at radius 3 is 3.13 bits per heavy atom. The number of aliphatic carboxylic acids is 1. The normalized spacial score (nSPS) is 23.3. The van der Waals surface area contributed by atoms with Crippen LogP contribution in [0.4, 0.5) is 5.95 Å². The van der Waals surface area contributed by atoms with E-state index in [1.54, 1.807) is 6.07 Å². The molecule has 8 nitrogen and oxygen atoms in total. The van der Waals surface area contributed by atoms with Crippen molar-refractivity contribution in [2.75, 3.05) is 31.6 Å². The van der Waals surface area contributed by atoms with Crippen LogP contribution in [0.25, 0.3) is 0 Å². The molecule has 2 fully saturated rings. The summed E-state index contributed by atoms with van der Waals surface area (Å²) >= 11 is 0. The minimum atomic E-state index is -0.976. The lowest BCUT2D eigenvalue weighted by atomic mass is 9.80. The molecule has 1 atom stereocenters. The van der Waals surface area contributed by atoms with E-state index in [0.29, 0.717) is 25.0 Å². The first-order chi connectivity index (χ1) is 14.6. The van der Waals surface area contributed by atoms with Gasteiger partial charge in [-0.3, -0.25) is 4.90 Å². The van der Waals surface area contributed by atoms with Gasteiger partial charge < -0.3 is 19.9 Å². The standard InChI is InChI=1S/C22H26N4O4/c27-19(28)12-30-18-3-1-2-15(8-18)10-26-7-6-22(13-26)14-29-11-16-9-23-21(25-20(16)22)24-17-4-5-17/h1-3,8-9,17H,4-7,10-14H2,(H,27,28)(H,23,24,25). The van der Waals surface area contributed by atoms with Crippen molar-refractivity contribution in [3.05, 3.63) is 47.3 Å². The number of carboxylic acids is 1. The van der Waals surface area contributed by atoms with Crippen LogP contribution in [0.5, 0.6) is 5.75 Å². The fourth-order valence-corrected chi connectivity index (χ4v) is 4.42. The van der Waals surface area contributed by atoms with Gasteiger partial charge in [0.1, 0.15) is 5.75 Å². The van der Waals surface area contributed by atoms with E-state index >= 15 is 0 Å². The molecule has 1 aromatic carbocycles. The molecule has 30 heavy (non-hydrogen) atoms. The number of nitrogens with one attached hydrogen (secondary N) is 1. The van der Waals surface area contributed by atoms with Crippen LogP contribution in [0, 0.1) is 0 Å². The Kier molecular flexibility index (Phi) is 5.04. The average molecular weight is 410 g/mol. The van der Waals surface area contributed by atoms with Gasteiger partial charge in [0.05, 0.1) is 24.3 Å². The fraction of sp³-hybridized carbons (Fsp3) is 0.500. The Hall–Kier alpha value is -2.71. The molecule has 8 heteroatoms. The number of fused-ring (bicyclic) bond motifs is 2. The SMILES string of the molecule is O=C(O)COc1cccc(CN2CCC3(COCc4cnc(NC5CC5)nc43)C2)c1. The second kappa shape index (κ2) is 7.85. The minimum absolute atomic E-state index is 0.103. The zero-order valence-corrected chi connectivity index (χ0v) is 16.8. The lowest BCUT2D eigenvalue weighted by Gasteiger charge is -2.34. The third kappa shape index (κ3) is 4.11. The first kappa shape index (κ1) is 19.3. The molecule has 1 saturated heterocycles. The number of likely N-dealkylation sites (tertiary alicyclic amines) is 1. The molecule has 0 amide bonds. The number of carbonyl (C=O) groups is 1. The lowest BCUT2D eigenvalue weighted by molar-refractivity contribution is -0.139. The number of hydrogen-bond donors (Lipinski definition) is 2. The van der Waals surface area contributed by atoms with Crippen molar-refractivity contribution in [3.63, 3.8) is 0 Å². The first-order valence-corrected chi connectivity index (χ1v) is 10.5. The van der Waals surface area contributed by atoms with Crippen LogP contribution in [-0.2, 0) is 28.1 Å². The highest BCUT2D eigenvalue weighted by Crippen LogP contribution is 2.40. The van der Waals surface area contributed by atoms with Crippen LogP contribution in [0.3, 0.4) is 0 Å². The van der Waals surface area contributed by atoms with Crippen molar-refractivity contribution in [3.8, 4) is 5.75 Å². The van der Waals surface area contributed by atoms with E-state index in [1.165, 1.54) is 12.8 Å². The van der Waals surface area contributed by atoms with E-state index in [9.17, 15) is 4.79 Å². The third-order valence-electron chi connectivity index (χ3n) is 6.01. The van der Waals surface area contributed by atoms with E-state index in [1.807, 2.05) is 24.4 Å². The van der Waals surface area contributed by atoms with Crippen molar-refractivity contribution < 1.29 is 19.4 Å². The summed E-state index contributed by atoms with van der Waals surface area (Å²) in [6, 6.07) is 8.17. The molecule has 2 N–H and O–H groups in total. The summed E-state index contributed by atoms with van der Waals surface area (Å²) in [5.74, 6) is 0.341. The van der Waals surface area contributed by atoms with Crippen molar-refractivity contribution in [2.24, 2.45) is 0 Å². The number of anilines is 1. The summed E-state index contributed by atoms with van der Waals surface area (Å²) in [5.41, 5.74) is 3.22. The Bertz CT molecular complexity index is 948. The topological polar surface area (TPSA) is 96.8 Å². The van der Waals surface area contributed by atoms with Crippen molar-refractivity contribution in [1.29, 1.82) is 0 Å². The minimum Gasteiger partial charge on any atom is -0.482 e. The van der Waals surface area contributed by atoms with Crippen LogP contribution >= 0.6 is 0 Å². The number of aromatic nitrogens is 2. The number of ether oxygens (including phenoxy) is 2. The number of rotatable bonds is 7. The zero-order chi connectivity index (χ0) is 20.6. The maximum Gasteiger partial charge on any atom is 0.341 e. The van der Waals surface area contributed by atoms with E-state index in [0.717, 1.165) is 48.8 Å². The highest BCUT2D eigenvalue weighted by molar-refractivity contribution is 5.68. The van der Waals surface area contributed by atoms with E-state index in [2.05, 4.69) is 15.2 Å². The van der Waals surface area contributed by atoms with Gasteiger partial charge >= 0.3 is 5.97 Å². The van der Waals surface area contributed by atoms with Gasteiger partial charge in [0.2, 0.25) is 5.95 Å². The molecule has 3 aliphatic rings. The fourth-order valence-electron chi connectivity index (χ4n) is 4.42. The Morgan fingerprint density at radius 1 is 1.40 bits per heavy atom. The van der Waals surface area contributed by atoms with E-state index in [4.69, 9.17) is 19.6 Å². The highest BCUT2D eigenvalue weighted by Gasteiger charge is 2.45. The summed E-state index contributed by atoms with van der Waals surface area (Å²) in [7, 11) is 0. The molecule has 5 rings (SSSR count). The van der Waals surface area contributed by atoms with Crippen LogP contribution in [0.2, 0.25) is 0 Å². The van der Waals surface area contributed by atoms with Gasteiger partial charge in [-0.2, -0.15) is 0 Å². The molecule has 158 valence electrons. The second-order valence-corrected chi connectivity index (χ2v) is 8.55. The van der Waals surface area contributed by atoms with Gasteiger partial charge in [0, 0.05) is 30.9 Å². The molecule has 0 radical (unpaired) electrons. The van der Waals surface area contributed by atoms with Gasteiger partial charge in [-0.15, -0.1) is 0 Å². The molecule has 0 bridgehead atoms. The molecule has 1 spiro atoms. The molecule has 3 heterocycles. The largest absolute Gasteiger partial charge is 0.482 e. The summed E-state index contributed by atoms with van der Waals surface area (Å²) in [6.07, 6.45) is 5.30. The molecule has 2 aliphatic heterocycles. The van der Waals surface area contributed by atoms with E-state index < -0.39 is 5.97 Å². The molecule has 1 aromatic heterocycles. The summed E-state index contributed by atoms with van der Waals surface area (Å²) < 4.78 is 11.3. The monoisotopic (exact) mass is 410 g/mol. The molecular formula is C22H26N4O4. The predicted octanol–water partition coefficient (Wildman–Crippen LogP) is 2.19.